The number of nitrogens with zero attached hydrogens (tertiary/aromatic N) is 2. The Kier molecular flexibility index (Phi) is 9.12. The van der Waals surface area contributed by atoms with E-state index in [9.17, 15) is 9.59 Å². The summed E-state index contributed by atoms with van der Waals surface area (Å²) in [5, 5.41) is 8.77. The summed E-state index contributed by atoms with van der Waals surface area (Å²) in [6, 6.07) is 20.6. The molecule has 3 aromatic carbocycles. The molecule has 3 aromatic rings. The average molecular weight is 581 g/mol. The number of hydrogen-bond acceptors (Lipinski definition) is 5. The van der Waals surface area contributed by atoms with Gasteiger partial charge in [0.2, 0.25) is 0 Å². The van der Waals surface area contributed by atoms with Gasteiger partial charge in [-0.2, -0.15) is 0 Å². The number of nitrogens with one attached hydrogen (secondary N) is 3. The molecule has 0 aromatic heterocycles. The van der Waals surface area contributed by atoms with E-state index in [1.165, 1.54) is 0 Å². The Hall–Kier alpha value is -3.72. The van der Waals surface area contributed by atoms with Crippen molar-refractivity contribution in [2.75, 3.05) is 53.7 Å². The number of halogens is 1. The molecule has 1 saturated heterocycles. The molecule has 8 nitrogen and oxygen atoms in total. The first-order valence-electron chi connectivity index (χ1n) is 12.8. The predicted molar refractivity (Wildman–Crippen MR) is 158 cm³/mol. The maximum absolute atomic E-state index is 13.3. The highest BCUT2D eigenvalue weighted by Crippen LogP contribution is 2.31. The van der Waals surface area contributed by atoms with Crippen LogP contribution in [0.5, 0.6) is 5.75 Å². The molecule has 1 atom stereocenters. The Morgan fingerprint density at radius 3 is 2.26 bits per heavy atom. The minimum absolute atomic E-state index is 0.0353. The molecule has 3 N–H and O–H groups in total. The van der Waals surface area contributed by atoms with Gasteiger partial charge in [0.15, 0.2) is 0 Å². The monoisotopic (exact) mass is 579 g/mol. The van der Waals surface area contributed by atoms with Gasteiger partial charge in [0.1, 0.15) is 5.75 Å². The van der Waals surface area contributed by atoms with Gasteiger partial charge >= 0.3 is 6.03 Å². The van der Waals surface area contributed by atoms with Crippen molar-refractivity contribution < 1.29 is 14.3 Å². The van der Waals surface area contributed by atoms with Crippen molar-refractivity contribution in [1.29, 1.82) is 0 Å². The smallest absolute Gasteiger partial charge is 0.323 e. The molecule has 4 rings (SSSR count). The summed E-state index contributed by atoms with van der Waals surface area (Å²) >= 11 is 3.44. The van der Waals surface area contributed by atoms with E-state index in [1.807, 2.05) is 68.4 Å². The van der Waals surface area contributed by atoms with Gasteiger partial charge in [-0.1, -0.05) is 31.2 Å². The van der Waals surface area contributed by atoms with Crippen molar-refractivity contribution in [3.05, 3.63) is 76.8 Å². The number of carbonyl (C=O) groups is 2. The number of carbonyl (C=O) groups excluding carboxylic acids is 2. The van der Waals surface area contributed by atoms with Gasteiger partial charge in [-0.25, -0.2) is 4.79 Å². The lowest BCUT2D eigenvalue weighted by molar-refractivity contribution is 0.0939. The summed E-state index contributed by atoms with van der Waals surface area (Å²) in [5.74, 6) is 0.696. The van der Waals surface area contributed by atoms with Gasteiger partial charge in [-0.15, -0.1) is 0 Å². The zero-order valence-corrected chi connectivity index (χ0v) is 23.5. The molecule has 1 heterocycles. The molecule has 1 aliphatic heterocycles. The SMILES string of the molecule is CC[C@@H](C)NC(=O)c1cc(NC(=O)Nc2ccccc2Br)ccc1N1CCN(c2ccccc2OC)CC1. The highest BCUT2D eigenvalue weighted by atomic mass is 79.9. The fraction of sp³-hybridized carbons (Fsp3) is 0.310. The maximum atomic E-state index is 13.3. The van der Waals surface area contributed by atoms with Gasteiger partial charge in [0.25, 0.3) is 5.91 Å². The molecule has 0 unspecified atom stereocenters. The number of piperazine rings is 1. The van der Waals surface area contributed by atoms with Crippen LogP contribution in [0.2, 0.25) is 0 Å². The normalized spacial score (nSPS) is 14.0. The molecule has 0 radical (unpaired) electrons. The molecule has 0 bridgehead atoms. The first-order chi connectivity index (χ1) is 18.4. The van der Waals surface area contributed by atoms with E-state index in [4.69, 9.17) is 4.74 Å². The van der Waals surface area contributed by atoms with Crippen molar-refractivity contribution in [2.24, 2.45) is 0 Å². The highest BCUT2D eigenvalue weighted by Gasteiger charge is 2.24. The second kappa shape index (κ2) is 12.7. The molecule has 0 spiro atoms. The quantitative estimate of drug-likeness (QED) is 0.306. The topological polar surface area (TPSA) is 85.9 Å². The van der Waals surface area contributed by atoms with Crippen molar-refractivity contribution in [3.8, 4) is 5.75 Å². The van der Waals surface area contributed by atoms with E-state index in [0.29, 0.717) is 16.9 Å². The number of anilines is 4. The third-order valence-corrected chi connectivity index (χ3v) is 7.35. The molecule has 0 saturated carbocycles. The first kappa shape index (κ1) is 27.3. The van der Waals surface area contributed by atoms with E-state index >= 15 is 0 Å². The van der Waals surface area contributed by atoms with Crippen LogP contribution >= 0.6 is 15.9 Å². The largest absolute Gasteiger partial charge is 0.495 e. The predicted octanol–water partition coefficient (Wildman–Crippen LogP) is 5.96. The van der Waals surface area contributed by atoms with Gasteiger partial charge in [-0.3, -0.25) is 4.79 Å². The average Bonchev–Trinajstić information content (AvgIpc) is 2.94. The van der Waals surface area contributed by atoms with Crippen molar-refractivity contribution in [2.45, 2.75) is 26.3 Å². The van der Waals surface area contributed by atoms with Crippen molar-refractivity contribution in [1.82, 2.24) is 5.32 Å². The highest BCUT2D eigenvalue weighted by molar-refractivity contribution is 9.10. The van der Waals surface area contributed by atoms with Crippen LogP contribution in [0.3, 0.4) is 0 Å². The number of methoxy groups -OCH3 is 1. The van der Waals surface area contributed by atoms with Gasteiger partial charge in [-0.05, 0) is 71.7 Å². The Morgan fingerprint density at radius 2 is 1.58 bits per heavy atom. The summed E-state index contributed by atoms with van der Waals surface area (Å²) in [6.07, 6.45) is 0.824. The summed E-state index contributed by atoms with van der Waals surface area (Å²) in [4.78, 5) is 30.5. The standard InChI is InChI=1S/C29H34BrN5O3/c1-4-20(2)31-28(36)22-19-21(32-29(37)33-24-10-6-5-9-23(24)30)13-14-25(22)34-15-17-35(18-16-34)26-11-7-8-12-27(26)38-3/h5-14,19-20H,4,15-18H2,1-3H3,(H,31,36)(H2,32,33,37)/t20-/m1/s1. The van der Waals surface area contributed by atoms with Crippen LogP contribution in [0.1, 0.15) is 30.6 Å². The van der Waals surface area contributed by atoms with E-state index in [2.05, 4.69) is 47.7 Å². The minimum atomic E-state index is -0.386. The van der Waals surface area contributed by atoms with Crippen LogP contribution in [-0.4, -0.2) is 51.3 Å². The Morgan fingerprint density at radius 1 is 0.921 bits per heavy atom. The van der Waals surface area contributed by atoms with E-state index in [1.54, 1.807) is 13.2 Å². The lowest BCUT2D eigenvalue weighted by Gasteiger charge is -2.38. The summed E-state index contributed by atoms with van der Waals surface area (Å²) < 4.78 is 6.33. The van der Waals surface area contributed by atoms with Crippen molar-refractivity contribution in [3.63, 3.8) is 0 Å². The Balaban J connectivity index is 1.52. The van der Waals surface area contributed by atoms with Gasteiger partial charge in [0, 0.05) is 48.1 Å². The van der Waals surface area contributed by atoms with Crippen molar-refractivity contribution >= 4 is 50.6 Å². The summed E-state index contributed by atoms with van der Waals surface area (Å²) in [6.45, 7) is 7.10. The zero-order valence-electron chi connectivity index (χ0n) is 22.0. The van der Waals surface area contributed by atoms with E-state index in [-0.39, 0.29) is 18.0 Å². The summed E-state index contributed by atoms with van der Waals surface area (Å²) in [5.41, 5.74) is 3.65. The number of rotatable bonds is 8. The molecular formula is C29H34BrN5O3. The van der Waals surface area contributed by atoms with Crippen LogP contribution in [0.15, 0.2) is 71.2 Å². The number of hydrogen-bond donors (Lipinski definition) is 3. The lowest BCUT2D eigenvalue weighted by Crippen LogP contribution is -2.47. The van der Waals surface area contributed by atoms with Crippen LogP contribution < -0.4 is 30.5 Å². The number of para-hydroxylation sites is 3. The van der Waals surface area contributed by atoms with Crippen LogP contribution in [0.25, 0.3) is 0 Å². The second-order valence-corrected chi connectivity index (χ2v) is 10.1. The number of benzene rings is 3. The summed E-state index contributed by atoms with van der Waals surface area (Å²) in [7, 11) is 1.69. The molecule has 3 amide bonds. The van der Waals surface area contributed by atoms with Crippen LogP contribution in [-0.2, 0) is 0 Å². The number of amides is 3. The van der Waals surface area contributed by atoms with Gasteiger partial charge in [0.05, 0.1) is 24.0 Å². The maximum Gasteiger partial charge on any atom is 0.323 e. The minimum Gasteiger partial charge on any atom is -0.495 e. The number of ether oxygens (including phenoxy) is 1. The fourth-order valence-corrected chi connectivity index (χ4v) is 4.79. The van der Waals surface area contributed by atoms with Crippen LogP contribution in [0, 0.1) is 0 Å². The molecule has 0 aliphatic carbocycles. The number of urea groups is 1. The molecule has 1 fully saturated rings. The lowest BCUT2D eigenvalue weighted by atomic mass is 10.1. The fourth-order valence-electron chi connectivity index (χ4n) is 4.40. The van der Waals surface area contributed by atoms with Gasteiger partial charge < -0.3 is 30.5 Å². The molecule has 38 heavy (non-hydrogen) atoms. The van der Waals surface area contributed by atoms with E-state index < -0.39 is 0 Å². The first-order valence-corrected chi connectivity index (χ1v) is 13.6. The van der Waals surface area contributed by atoms with Crippen LogP contribution in [0.4, 0.5) is 27.5 Å². The zero-order chi connectivity index (χ0) is 27.1. The molecule has 9 heteroatoms. The second-order valence-electron chi connectivity index (χ2n) is 9.22. The third kappa shape index (κ3) is 6.58. The molecule has 200 valence electrons. The Labute approximate surface area is 232 Å². The Bertz CT molecular complexity index is 1280. The third-order valence-electron chi connectivity index (χ3n) is 6.66. The molecular weight excluding hydrogens is 546 g/mol. The van der Waals surface area contributed by atoms with E-state index in [0.717, 1.165) is 54.2 Å². The molecule has 1 aliphatic rings.